The van der Waals surface area contributed by atoms with E-state index in [0.717, 1.165) is 63.5 Å². The van der Waals surface area contributed by atoms with Gasteiger partial charge in [0.15, 0.2) is 5.78 Å². The molecular weight excluding hydrogens is 336 g/mol. The zero-order chi connectivity index (χ0) is 18.5. The molecule has 1 aromatic heterocycles. The summed E-state index contributed by atoms with van der Waals surface area (Å²) in [5.74, 6) is 1.32. The van der Waals surface area contributed by atoms with Crippen molar-refractivity contribution in [1.29, 1.82) is 0 Å². The fourth-order valence-electron chi connectivity index (χ4n) is 4.22. The minimum atomic E-state index is 0.234. The van der Waals surface area contributed by atoms with Crippen LogP contribution in [0.15, 0.2) is 54.7 Å². The van der Waals surface area contributed by atoms with Crippen molar-refractivity contribution in [3.8, 4) is 0 Å². The van der Waals surface area contributed by atoms with Gasteiger partial charge >= 0.3 is 0 Å². The fourth-order valence-corrected chi connectivity index (χ4v) is 4.22. The van der Waals surface area contributed by atoms with Crippen molar-refractivity contribution in [3.05, 3.63) is 60.3 Å². The zero-order valence-corrected chi connectivity index (χ0v) is 15.8. The van der Waals surface area contributed by atoms with Gasteiger partial charge in [-0.05, 0) is 25.0 Å². The summed E-state index contributed by atoms with van der Waals surface area (Å²) in [5, 5.41) is 0. The summed E-state index contributed by atoms with van der Waals surface area (Å²) in [4.78, 5) is 24.2. The zero-order valence-electron chi connectivity index (χ0n) is 15.8. The molecule has 2 aromatic rings. The number of aromatic nitrogens is 1. The van der Waals surface area contributed by atoms with Crippen LogP contribution in [0.4, 0.5) is 5.82 Å². The number of hydrogen-bond donors (Lipinski definition) is 0. The predicted molar refractivity (Wildman–Crippen MR) is 108 cm³/mol. The lowest BCUT2D eigenvalue weighted by Gasteiger charge is -2.43. The van der Waals surface area contributed by atoms with E-state index in [1.807, 2.05) is 42.6 Å². The van der Waals surface area contributed by atoms with Crippen molar-refractivity contribution in [2.24, 2.45) is 0 Å². The van der Waals surface area contributed by atoms with E-state index >= 15 is 0 Å². The Balaban J connectivity index is 1.22. The highest BCUT2D eigenvalue weighted by Gasteiger charge is 2.28. The van der Waals surface area contributed by atoms with Gasteiger partial charge in [-0.3, -0.25) is 14.6 Å². The van der Waals surface area contributed by atoms with E-state index in [1.54, 1.807) is 0 Å². The van der Waals surface area contributed by atoms with Crippen molar-refractivity contribution in [3.63, 3.8) is 0 Å². The molecule has 5 nitrogen and oxygen atoms in total. The Morgan fingerprint density at radius 3 is 2.26 bits per heavy atom. The number of carbonyl (C=O) groups is 1. The Morgan fingerprint density at radius 1 is 0.889 bits per heavy atom. The molecule has 2 aliphatic heterocycles. The summed E-state index contributed by atoms with van der Waals surface area (Å²) in [7, 11) is 0. The molecule has 2 fully saturated rings. The van der Waals surface area contributed by atoms with Crippen LogP contribution < -0.4 is 4.90 Å². The van der Waals surface area contributed by atoms with Crippen molar-refractivity contribution < 1.29 is 4.79 Å². The second-order valence-electron chi connectivity index (χ2n) is 7.51. The minimum absolute atomic E-state index is 0.234. The molecule has 2 saturated heterocycles. The monoisotopic (exact) mass is 364 g/mol. The number of likely N-dealkylation sites (tertiary alicyclic amines) is 1. The van der Waals surface area contributed by atoms with Gasteiger partial charge in [-0.2, -0.15) is 0 Å². The van der Waals surface area contributed by atoms with Gasteiger partial charge < -0.3 is 4.90 Å². The van der Waals surface area contributed by atoms with Crippen LogP contribution in [0.1, 0.15) is 23.2 Å². The first-order valence-corrected chi connectivity index (χ1v) is 10.0. The molecule has 0 spiro atoms. The summed E-state index contributed by atoms with van der Waals surface area (Å²) in [6.45, 7) is 6.87. The molecule has 0 N–H and O–H groups in total. The summed E-state index contributed by atoms with van der Waals surface area (Å²) in [6.07, 6.45) is 4.19. The lowest BCUT2D eigenvalue weighted by atomic mass is 10.0. The smallest absolute Gasteiger partial charge is 0.176 e. The summed E-state index contributed by atoms with van der Waals surface area (Å²) >= 11 is 0. The Hall–Kier alpha value is -2.24. The quantitative estimate of drug-likeness (QED) is 0.763. The standard InChI is InChI=1S/C22H28N4O/c27-21(19-6-2-1-3-7-19)18-24-12-9-20(10-13-24)25-14-16-26(17-15-25)22-8-4-5-11-23-22/h1-8,11,20H,9-10,12-18H2. The Kier molecular flexibility index (Phi) is 5.80. The van der Waals surface area contributed by atoms with Crippen LogP contribution >= 0.6 is 0 Å². The molecule has 27 heavy (non-hydrogen) atoms. The van der Waals surface area contributed by atoms with Gasteiger partial charge in [0.25, 0.3) is 0 Å². The Bertz CT molecular complexity index is 720. The molecule has 0 unspecified atom stereocenters. The Morgan fingerprint density at radius 2 is 1.59 bits per heavy atom. The van der Waals surface area contributed by atoms with Crippen LogP contribution in [0.3, 0.4) is 0 Å². The van der Waals surface area contributed by atoms with Gasteiger partial charge in [0.05, 0.1) is 6.54 Å². The highest BCUT2D eigenvalue weighted by Crippen LogP contribution is 2.20. The Labute approximate surface area is 161 Å². The van der Waals surface area contributed by atoms with Gasteiger partial charge in [-0.25, -0.2) is 4.98 Å². The number of piperidine rings is 1. The maximum Gasteiger partial charge on any atom is 0.176 e. The highest BCUT2D eigenvalue weighted by molar-refractivity contribution is 5.97. The average molecular weight is 364 g/mol. The molecule has 0 amide bonds. The van der Waals surface area contributed by atoms with Crippen LogP contribution in [0, 0.1) is 0 Å². The van der Waals surface area contributed by atoms with E-state index in [4.69, 9.17) is 0 Å². The molecule has 0 saturated carbocycles. The van der Waals surface area contributed by atoms with Gasteiger partial charge in [-0.1, -0.05) is 36.4 Å². The third-order valence-electron chi connectivity index (χ3n) is 5.82. The van der Waals surface area contributed by atoms with Crippen molar-refractivity contribution in [1.82, 2.24) is 14.8 Å². The molecule has 3 heterocycles. The van der Waals surface area contributed by atoms with E-state index < -0.39 is 0 Å². The first kappa shape index (κ1) is 18.1. The number of pyridine rings is 1. The molecule has 0 radical (unpaired) electrons. The predicted octanol–water partition coefficient (Wildman–Crippen LogP) is 2.55. The van der Waals surface area contributed by atoms with Crippen molar-refractivity contribution in [2.45, 2.75) is 18.9 Å². The molecule has 0 bridgehead atoms. The molecular formula is C22H28N4O. The molecule has 0 aliphatic carbocycles. The molecule has 2 aliphatic rings. The highest BCUT2D eigenvalue weighted by atomic mass is 16.1. The van der Waals surface area contributed by atoms with Gasteiger partial charge in [0.2, 0.25) is 0 Å². The largest absolute Gasteiger partial charge is 0.354 e. The van der Waals surface area contributed by atoms with E-state index in [0.29, 0.717) is 12.6 Å². The first-order chi connectivity index (χ1) is 13.3. The number of hydrogen-bond acceptors (Lipinski definition) is 5. The number of carbonyl (C=O) groups excluding carboxylic acids is 1. The van der Waals surface area contributed by atoms with Crippen molar-refractivity contribution >= 4 is 11.6 Å². The minimum Gasteiger partial charge on any atom is -0.354 e. The van der Waals surface area contributed by atoms with Crippen LogP contribution in [0.25, 0.3) is 0 Å². The SMILES string of the molecule is O=C(CN1CCC(N2CCN(c3ccccn3)CC2)CC1)c1ccccc1. The summed E-state index contributed by atoms with van der Waals surface area (Å²) in [6, 6.07) is 16.4. The maximum atomic E-state index is 12.4. The molecule has 142 valence electrons. The average Bonchev–Trinajstić information content (AvgIpc) is 2.76. The fraction of sp³-hybridized carbons (Fsp3) is 0.455. The number of nitrogens with zero attached hydrogens (tertiary/aromatic N) is 4. The number of piperazine rings is 1. The van der Waals surface area contributed by atoms with Gasteiger partial charge in [-0.15, -0.1) is 0 Å². The lowest BCUT2D eigenvalue weighted by Crippen LogP contribution is -2.53. The molecule has 5 heteroatoms. The van der Waals surface area contributed by atoms with Crippen molar-refractivity contribution in [2.75, 3.05) is 50.7 Å². The van der Waals surface area contributed by atoms with E-state index in [1.165, 1.54) is 0 Å². The van der Waals surface area contributed by atoms with Crippen LogP contribution in [0.2, 0.25) is 0 Å². The molecule has 0 atom stereocenters. The summed E-state index contributed by atoms with van der Waals surface area (Å²) in [5.41, 5.74) is 0.824. The number of benzene rings is 1. The third-order valence-corrected chi connectivity index (χ3v) is 5.82. The van der Waals surface area contributed by atoms with E-state index in [9.17, 15) is 4.79 Å². The second kappa shape index (κ2) is 8.63. The van der Waals surface area contributed by atoms with Crippen LogP contribution in [0.5, 0.6) is 0 Å². The number of rotatable bonds is 5. The van der Waals surface area contributed by atoms with Crippen LogP contribution in [-0.4, -0.2) is 72.4 Å². The molecule has 1 aromatic carbocycles. The molecule has 4 rings (SSSR count). The van der Waals surface area contributed by atoms with Crippen LogP contribution in [-0.2, 0) is 0 Å². The second-order valence-corrected chi connectivity index (χ2v) is 7.51. The lowest BCUT2D eigenvalue weighted by molar-refractivity contribution is 0.0809. The van der Waals surface area contributed by atoms with E-state index in [-0.39, 0.29) is 5.78 Å². The number of anilines is 1. The third kappa shape index (κ3) is 4.54. The first-order valence-electron chi connectivity index (χ1n) is 10.0. The van der Waals surface area contributed by atoms with Gasteiger partial charge in [0.1, 0.15) is 5.82 Å². The van der Waals surface area contributed by atoms with Gasteiger partial charge in [0, 0.05) is 57.1 Å². The van der Waals surface area contributed by atoms with E-state index in [2.05, 4.69) is 31.8 Å². The topological polar surface area (TPSA) is 39.7 Å². The number of ketones is 1. The normalized spacial score (nSPS) is 19.9. The maximum absolute atomic E-state index is 12.4. The summed E-state index contributed by atoms with van der Waals surface area (Å²) < 4.78 is 0. The number of Topliss-reactive ketones (excluding diaryl/α,β-unsaturated/α-hetero) is 1.